The van der Waals surface area contributed by atoms with Gasteiger partial charge in [-0.05, 0) is 37.9 Å². The van der Waals surface area contributed by atoms with Gasteiger partial charge < -0.3 is 24.0 Å². The number of hydrogen-bond donors (Lipinski definition) is 0. The van der Waals surface area contributed by atoms with Crippen molar-refractivity contribution in [1.82, 2.24) is 9.80 Å². The van der Waals surface area contributed by atoms with Crippen molar-refractivity contribution in [3.8, 4) is 11.5 Å². The number of benzene rings is 1. The maximum absolute atomic E-state index is 12.5. The first-order valence-corrected chi connectivity index (χ1v) is 8.59. The van der Waals surface area contributed by atoms with Crippen molar-refractivity contribution in [2.45, 2.75) is 0 Å². The Morgan fingerprint density at radius 3 is 2.72 bits per heavy atom. The summed E-state index contributed by atoms with van der Waals surface area (Å²) in [4.78, 5) is 16.3. The van der Waals surface area contributed by atoms with Gasteiger partial charge in [0, 0.05) is 32.8 Å². The lowest BCUT2D eigenvalue weighted by Crippen LogP contribution is -2.37. The van der Waals surface area contributed by atoms with E-state index < -0.39 is 0 Å². The highest BCUT2D eigenvalue weighted by Gasteiger charge is 2.16. The predicted molar refractivity (Wildman–Crippen MR) is 98.5 cm³/mol. The molecule has 0 radical (unpaired) electrons. The summed E-state index contributed by atoms with van der Waals surface area (Å²) in [5.41, 5.74) is 0.793. The quantitative estimate of drug-likeness (QED) is 0.658. The average Bonchev–Trinajstić information content (AvgIpc) is 2.59. The minimum absolute atomic E-state index is 0.0649. The van der Waals surface area contributed by atoms with Gasteiger partial charge in [-0.2, -0.15) is 0 Å². The summed E-state index contributed by atoms with van der Waals surface area (Å²) < 4.78 is 16.1. The van der Waals surface area contributed by atoms with Crippen LogP contribution in [0.5, 0.6) is 11.5 Å². The molecule has 2 rings (SSSR count). The Kier molecular flexibility index (Phi) is 7.55. The van der Waals surface area contributed by atoms with Gasteiger partial charge in [-0.1, -0.05) is 11.6 Å². The number of amides is 1. The number of ether oxygens (including phenoxy) is 3. The fraction of sp³-hybridized carbons (Fsp3) is 0.500. The van der Waals surface area contributed by atoms with Crippen LogP contribution in [-0.2, 0) is 9.53 Å². The monoisotopic (exact) mass is 368 g/mol. The molecule has 0 spiro atoms. The molecule has 0 fully saturated rings. The molecule has 1 amide bonds. The molecule has 0 N–H and O–H groups in total. The van der Waals surface area contributed by atoms with Gasteiger partial charge in [0.1, 0.15) is 13.2 Å². The lowest BCUT2D eigenvalue weighted by atomic mass is 10.1. The van der Waals surface area contributed by atoms with Gasteiger partial charge >= 0.3 is 0 Å². The Morgan fingerprint density at radius 1 is 1.24 bits per heavy atom. The van der Waals surface area contributed by atoms with Crippen molar-refractivity contribution in [1.29, 1.82) is 0 Å². The smallest absolute Gasteiger partial charge is 0.246 e. The number of nitrogens with zero attached hydrogens (tertiary/aromatic N) is 2. The topological polar surface area (TPSA) is 51.2 Å². The zero-order chi connectivity index (χ0) is 18.2. The Morgan fingerprint density at radius 2 is 2.00 bits per heavy atom. The highest BCUT2D eigenvalue weighted by atomic mass is 35.5. The van der Waals surface area contributed by atoms with Crippen LogP contribution in [0.4, 0.5) is 0 Å². The van der Waals surface area contributed by atoms with E-state index in [4.69, 9.17) is 25.8 Å². The summed E-state index contributed by atoms with van der Waals surface area (Å²) in [6.45, 7) is 3.46. The van der Waals surface area contributed by atoms with Crippen molar-refractivity contribution >= 4 is 23.6 Å². The molecule has 1 aromatic carbocycles. The first-order valence-electron chi connectivity index (χ1n) is 8.21. The minimum atomic E-state index is -0.0649. The molecule has 25 heavy (non-hydrogen) atoms. The molecule has 7 heteroatoms. The van der Waals surface area contributed by atoms with Crippen molar-refractivity contribution in [2.75, 3.05) is 60.7 Å². The number of methoxy groups -OCH3 is 1. The Labute approximate surface area is 153 Å². The summed E-state index contributed by atoms with van der Waals surface area (Å²) in [5.74, 6) is 1.10. The van der Waals surface area contributed by atoms with Gasteiger partial charge in [-0.3, -0.25) is 4.79 Å². The summed E-state index contributed by atoms with van der Waals surface area (Å²) in [7, 11) is 5.58. The highest BCUT2D eigenvalue weighted by molar-refractivity contribution is 6.32. The van der Waals surface area contributed by atoms with E-state index >= 15 is 0 Å². The molecule has 0 saturated heterocycles. The zero-order valence-electron chi connectivity index (χ0n) is 15.0. The molecule has 138 valence electrons. The molecule has 1 aliphatic heterocycles. The van der Waals surface area contributed by atoms with Crippen LogP contribution in [0, 0.1) is 0 Å². The minimum Gasteiger partial charge on any atom is -0.486 e. The largest absolute Gasteiger partial charge is 0.486 e. The fourth-order valence-corrected chi connectivity index (χ4v) is 2.63. The van der Waals surface area contributed by atoms with Crippen LogP contribution in [0.15, 0.2) is 18.2 Å². The highest BCUT2D eigenvalue weighted by Crippen LogP contribution is 2.38. The number of halogens is 1. The third-order valence-corrected chi connectivity index (χ3v) is 4.01. The number of hydrogen-bond acceptors (Lipinski definition) is 5. The van der Waals surface area contributed by atoms with E-state index in [0.717, 1.165) is 12.1 Å². The summed E-state index contributed by atoms with van der Waals surface area (Å²) in [5, 5.41) is 0.480. The molecule has 0 bridgehead atoms. The van der Waals surface area contributed by atoms with E-state index in [2.05, 4.69) is 0 Å². The molecule has 0 saturated carbocycles. The molecule has 6 nitrogen and oxygen atoms in total. The van der Waals surface area contributed by atoms with Gasteiger partial charge in [0.15, 0.2) is 11.5 Å². The van der Waals surface area contributed by atoms with E-state index in [1.54, 1.807) is 30.2 Å². The lowest BCUT2D eigenvalue weighted by molar-refractivity contribution is -0.126. The summed E-state index contributed by atoms with van der Waals surface area (Å²) in [6, 6.07) is 3.58. The van der Waals surface area contributed by atoms with Crippen LogP contribution in [0.25, 0.3) is 6.08 Å². The first kappa shape index (κ1) is 19.6. The average molecular weight is 369 g/mol. The molecule has 0 aromatic heterocycles. The number of rotatable bonds is 8. The summed E-state index contributed by atoms with van der Waals surface area (Å²) >= 11 is 6.22. The van der Waals surface area contributed by atoms with Crippen LogP contribution < -0.4 is 9.47 Å². The van der Waals surface area contributed by atoms with E-state index in [1.165, 1.54) is 0 Å². The second kappa shape index (κ2) is 9.65. The van der Waals surface area contributed by atoms with E-state index in [0.29, 0.717) is 49.4 Å². The van der Waals surface area contributed by atoms with Crippen LogP contribution in [0.3, 0.4) is 0 Å². The molecule has 1 aromatic rings. The van der Waals surface area contributed by atoms with Gasteiger partial charge in [0.25, 0.3) is 0 Å². The standard InChI is InChI=1S/C18H25ClN2O4/c1-20(2)6-7-21(8-9-23-3)17(22)5-4-14-12-15(19)18-16(13-14)24-10-11-25-18/h4-5,12-13H,6-11H2,1-3H3/b5-4+. The molecule has 0 atom stereocenters. The second-order valence-corrected chi connectivity index (χ2v) is 6.39. The van der Waals surface area contributed by atoms with Crippen molar-refractivity contribution in [2.24, 2.45) is 0 Å². The molecular weight excluding hydrogens is 344 g/mol. The van der Waals surface area contributed by atoms with Crippen LogP contribution >= 0.6 is 11.6 Å². The lowest BCUT2D eigenvalue weighted by Gasteiger charge is -2.23. The molecule has 0 aliphatic carbocycles. The molecular formula is C18H25ClN2O4. The van der Waals surface area contributed by atoms with Gasteiger partial charge in [0.05, 0.1) is 11.6 Å². The van der Waals surface area contributed by atoms with Crippen LogP contribution in [0.2, 0.25) is 5.02 Å². The molecule has 1 heterocycles. The SMILES string of the molecule is COCCN(CCN(C)C)C(=O)/C=C/c1cc(Cl)c2c(c1)OCCO2. The third kappa shape index (κ3) is 5.92. The van der Waals surface area contributed by atoms with Crippen LogP contribution in [-0.4, -0.2) is 76.4 Å². The maximum atomic E-state index is 12.5. The predicted octanol–water partition coefficient (Wildman–Crippen LogP) is 2.16. The zero-order valence-corrected chi connectivity index (χ0v) is 15.7. The van der Waals surface area contributed by atoms with Crippen LogP contribution in [0.1, 0.15) is 5.56 Å². The normalized spacial score (nSPS) is 13.5. The second-order valence-electron chi connectivity index (χ2n) is 5.98. The summed E-state index contributed by atoms with van der Waals surface area (Å²) in [6.07, 6.45) is 3.29. The number of fused-ring (bicyclic) bond motifs is 1. The van der Waals surface area contributed by atoms with E-state index in [1.807, 2.05) is 25.1 Å². The Balaban J connectivity index is 2.07. The first-order chi connectivity index (χ1) is 12.0. The fourth-order valence-electron chi connectivity index (χ4n) is 2.35. The van der Waals surface area contributed by atoms with E-state index in [-0.39, 0.29) is 5.91 Å². The Bertz CT molecular complexity index is 619. The van der Waals surface area contributed by atoms with Crippen molar-refractivity contribution < 1.29 is 19.0 Å². The van der Waals surface area contributed by atoms with Gasteiger partial charge in [-0.15, -0.1) is 0 Å². The maximum Gasteiger partial charge on any atom is 0.246 e. The number of carbonyl (C=O) groups excluding carboxylic acids is 1. The molecule has 0 unspecified atom stereocenters. The number of carbonyl (C=O) groups is 1. The van der Waals surface area contributed by atoms with Gasteiger partial charge in [0.2, 0.25) is 5.91 Å². The van der Waals surface area contributed by atoms with Gasteiger partial charge in [-0.25, -0.2) is 0 Å². The van der Waals surface area contributed by atoms with Crippen molar-refractivity contribution in [3.63, 3.8) is 0 Å². The van der Waals surface area contributed by atoms with E-state index in [9.17, 15) is 4.79 Å². The number of likely N-dealkylation sites (N-methyl/N-ethyl adjacent to an activating group) is 1. The Hall–Kier alpha value is -1.76. The van der Waals surface area contributed by atoms with Crippen molar-refractivity contribution in [3.05, 3.63) is 28.8 Å². The third-order valence-electron chi connectivity index (χ3n) is 3.73. The molecule has 1 aliphatic rings.